The molecule has 128 valence electrons. The molecule has 0 aliphatic rings. The number of rotatable bonds is 6. The summed E-state index contributed by atoms with van der Waals surface area (Å²) < 4.78 is 30.1. The molecule has 24 heavy (non-hydrogen) atoms. The minimum absolute atomic E-state index is 0.0297. The number of carbonyl (C=O) groups excluding carboxylic acids is 1. The van der Waals surface area contributed by atoms with Crippen LogP contribution in [0.3, 0.4) is 0 Å². The number of carbonyl (C=O) groups is 1. The molecule has 0 fully saturated rings. The molecule has 0 N–H and O–H groups in total. The highest BCUT2D eigenvalue weighted by Gasteiger charge is 2.21. The molecule has 0 spiro atoms. The molecule has 0 aromatic heterocycles. The first-order valence-electron chi connectivity index (χ1n) is 7.20. The fraction of sp³-hybridized carbons (Fsp3) is 0.235. The Morgan fingerprint density at radius 1 is 1.12 bits per heavy atom. The number of esters is 1. The van der Waals surface area contributed by atoms with Crippen molar-refractivity contribution in [2.24, 2.45) is 0 Å². The molecule has 0 bridgehead atoms. The lowest BCUT2D eigenvalue weighted by atomic mass is 10.1. The lowest BCUT2D eigenvalue weighted by molar-refractivity contribution is -0.0258. The van der Waals surface area contributed by atoms with E-state index in [1.807, 2.05) is 31.2 Å². The van der Waals surface area contributed by atoms with Crippen LogP contribution in [-0.2, 0) is 26.2 Å². The lowest BCUT2D eigenvalue weighted by Crippen LogP contribution is -2.25. The van der Waals surface area contributed by atoms with E-state index in [4.69, 9.17) is 9.57 Å². The highest BCUT2D eigenvalue weighted by Crippen LogP contribution is 2.16. The third-order valence-electron chi connectivity index (χ3n) is 3.44. The summed E-state index contributed by atoms with van der Waals surface area (Å²) in [5, 5.41) is 0. The number of hydrogen-bond donors (Lipinski definition) is 0. The van der Waals surface area contributed by atoms with Crippen molar-refractivity contribution in [3.05, 3.63) is 65.2 Å². The summed E-state index contributed by atoms with van der Waals surface area (Å²) in [5.41, 5.74) is 2.26. The van der Waals surface area contributed by atoms with Crippen molar-refractivity contribution in [1.29, 1.82) is 0 Å². The molecule has 7 heteroatoms. The monoisotopic (exact) mass is 349 g/mol. The number of benzene rings is 2. The van der Waals surface area contributed by atoms with Gasteiger partial charge in [0.15, 0.2) is 0 Å². The Kier molecular flexibility index (Phi) is 5.71. The molecule has 0 radical (unpaired) electrons. The molecular formula is C17H19NO5S. The van der Waals surface area contributed by atoms with Gasteiger partial charge in [-0.15, -0.1) is 0 Å². The van der Waals surface area contributed by atoms with E-state index in [1.54, 1.807) is 0 Å². The number of aryl methyl sites for hydroxylation is 1. The van der Waals surface area contributed by atoms with Crippen LogP contribution in [-0.4, -0.2) is 33.0 Å². The first-order valence-corrected chi connectivity index (χ1v) is 8.64. The molecule has 0 atom stereocenters. The second-order valence-corrected chi connectivity index (χ2v) is 7.12. The Bertz CT molecular complexity index is 815. The van der Waals surface area contributed by atoms with Gasteiger partial charge in [-0.1, -0.05) is 34.3 Å². The van der Waals surface area contributed by atoms with E-state index in [0.29, 0.717) is 0 Å². The van der Waals surface area contributed by atoms with E-state index in [2.05, 4.69) is 0 Å². The molecule has 2 aromatic carbocycles. The second kappa shape index (κ2) is 7.57. The third-order valence-corrected chi connectivity index (χ3v) is 5.13. The Hall–Kier alpha value is -2.22. The molecule has 0 saturated heterocycles. The topological polar surface area (TPSA) is 72.9 Å². The van der Waals surface area contributed by atoms with E-state index >= 15 is 0 Å². The highest BCUT2D eigenvalue weighted by atomic mass is 32.2. The summed E-state index contributed by atoms with van der Waals surface area (Å²) in [7, 11) is -1.18. The predicted molar refractivity (Wildman–Crippen MR) is 88.7 cm³/mol. The maximum absolute atomic E-state index is 12.1. The van der Waals surface area contributed by atoms with E-state index in [-0.39, 0.29) is 17.1 Å². The van der Waals surface area contributed by atoms with Gasteiger partial charge in [0.1, 0.15) is 6.61 Å². The number of hydroxylamine groups is 1. The molecular weight excluding hydrogens is 330 g/mol. The number of sulfonamides is 1. The smallest absolute Gasteiger partial charge is 0.338 e. The summed E-state index contributed by atoms with van der Waals surface area (Å²) in [6.07, 6.45) is 0. The highest BCUT2D eigenvalue weighted by molar-refractivity contribution is 7.89. The maximum atomic E-state index is 12.1. The molecule has 0 aliphatic carbocycles. The van der Waals surface area contributed by atoms with Gasteiger partial charge in [0, 0.05) is 7.05 Å². The number of hydrogen-bond acceptors (Lipinski definition) is 5. The quantitative estimate of drug-likeness (QED) is 0.592. The fourth-order valence-corrected chi connectivity index (χ4v) is 3.02. The van der Waals surface area contributed by atoms with Crippen molar-refractivity contribution in [1.82, 2.24) is 4.47 Å². The van der Waals surface area contributed by atoms with Crippen molar-refractivity contribution in [3.63, 3.8) is 0 Å². The van der Waals surface area contributed by atoms with Gasteiger partial charge in [-0.2, -0.15) is 0 Å². The SMILES string of the molecule is CON(C)S(=O)(=O)c1ccc(C(=O)OCc2cccc(C)c2)cc1. The molecule has 2 rings (SSSR count). The zero-order chi connectivity index (χ0) is 17.7. The van der Waals surface area contributed by atoms with Crippen LogP contribution in [0.25, 0.3) is 0 Å². The van der Waals surface area contributed by atoms with Crippen molar-refractivity contribution in [2.45, 2.75) is 18.4 Å². The largest absolute Gasteiger partial charge is 0.457 e. The lowest BCUT2D eigenvalue weighted by Gasteiger charge is -2.14. The van der Waals surface area contributed by atoms with E-state index in [9.17, 15) is 13.2 Å². The van der Waals surface area contributed by atoms with Crippen LogP contribution in [0.1, 0.15) is 21.5 Å². The van der Waals surface area contributed by atoms with Crippen molar-refractivity contribution < 1.29 is 22.8 Å². The summed E-state index contributed by atoms with van der Waals surface area (Å²) in [4.78, 5) is 16.8. The molecule has 0 aliphatic heterocycles. The van der Waals surface area contributed by atoms with E-state index in [1.165, 1.54) is 38.4 Å². The minimum Gasteiger partial charge on any atom is -0.457 e. The van der Waals surface area contributed by atoms with Gasteiger partial charge in [-0.05, 0) is 36.8 Å². The Morgan fingerprint density at radius 2 is 1.79 bits per heavy atom. The van der Waals surface area contributed by atoms with Gasteiger partial charge in [-0.3, -0.25) is 4.84 Å². The second-order valence-electron chi connectivity index (χ2n) is 5.19. The van der Waals surface area contributed by atoms with Gasteiger partial charge in [-0.25, -0.2) is 13.2 Å². The Labute approximate surface area is 141 Å². The van der Waals surface area contributed by atoms with Crippen molar-refractivity contribution in [3.8, 4) is 0 Å². The first-order chi connectivity index (χ1) is 11.3. The van der Waals surface area contributed by atoms with Crippen LogP contribution < -0.4 is 0 Å². The number of ether oxygens (including phenoxy) is 1. The van der Waals surface area contributed by atoms with Crippen LogP contribution in [0.4, 0.5) is 0 Å². The van der Waals surface area contributed by atoms with Gasteiger partial charge in [0.25, 0.3) is 10.0 Å². The van der Waals surface area contributed by atoms with Crippen LogP contribution >= 0.6 is 0 Å². The minimum atomic E-state index is -3.73. The predicted octanol–water partition coefficient (Wildman–Crippen LogP) is 2.53. The van der Waals surface area contributed by atoms with Crippen LogP contribution in [0.5, 0.6) is 0 Å². The van der Waals surface area contributed by atoms with Gasteiger partial charge < -0.3 is 4.74 Å². The molecule has 6 nitrogen and oxygen atoms in total. The van der Waals surface area contributed by atoms with Gasteiger partial charge in [0.2, 0.25) is 0 Å². The van der Waals surface area contributed by atoms with Crippen molar-refractivity contribution in [2.75, 3.05) is 14.2 Å². The average molecular weight is 349 g/mol. The molecule has 0 saturated carbocycles. The standard InChI is InChI=1S/C17H19NO5S/c1-13-5-4-6-14(11-13)12-23-17(19)15-7-9-16(10-8-15)24(20,21)18(2)22-3/h4-11H,12H2,1-3H3. The van der Waals surface area contributed by atoms with E-state index < -0.39 is 16.0 Å². The van der Waals surface area contributed by atoms with Crippen LogP contribution in [0, 0.1) is 6.92 Å². The Balaban J connectivity index is 2.06. The Morgan fingerprint density at radius 3 is 2.38 bits per heavy atom. The van der Waals surface area contributed by atoms with E-state index in [0.717, 1.165) is 15.6 Å². The summed E-state index contributed by atoms with van der Waals surface area (Å²) in [5.74, 6) is -0.513. The normalized spacial score (nSPS) is 11.5. The zero-order valence-electron chi connectivity index (χ0n) is 13.7. The molecule has 0 unspecified atom stereocenters. The summed E-state index contributed by atoms with van der Waals surface area (Å²) in [6, 6.07) is 13.2. The molecule has 0 amide bonds. The first kappa shape index (κ1) is 18.1. The average Bonchev–Trinajstić information content (AvgIpc) is 2.59. The summed E-state index contributed by atoms with van der Waals surface area (Å²) >= 11 is 0. The fourth-order valence-electron chi connectivity index (χ4n) is 2.04. The van der Waals surface area contributed by atoms with Gasteiger partial charge >= 0.3 is 5.97 Å². The van der Waals surface area contributed by atoms with Crippen molar-refractivity contribution >= 4 is 16.0 Å². The van der Waals surface area contributed by atoms with Gasteiger partial charge in [0.05, 0.1) is 17.6 Å². The number of nitrogens with zero attached hydrogens (tertiary/aromatic N) is 1. The summed E-state index contributed by atoms with van der Waals surface area (Å²) in [6.45, 7) is 2.12. The van der Waals surface area contributed by atoms with Crippen LogP contribution in [0.15, 0.2) is 53.4 Å². The zero-order valence-corrected chi connectivity index (χ0v) is 14.5. The third kappa shape index (κ3) is 4.19. The maximum Gasteiger partial charge on any atom is 0.338 e. The van der Waals surface area contributed by atoms with Crippen LogP contribution in [0.2, 0.25) is 0 Å². The molecule has 0 heterocycles. The molecule has 2 aromatic rings.